The van der Waals surface area contributed by atoms with Crippen LogP contribution >= 0.6 is 0 Å². The van der Waals surface area contributed by atoms with E-state index in [1.807, 2.05) is 6.92 Å². The third kappa shape index (κ3) is 2.92. The summed E-state index contributed by atoms with van der Waals surface area (Å²) < 4.78 is 4.35. The van der Waals surface area contributed by atoms with E-state index in [9.17, 15) is 14.4 Å². The normalized spacial score (nSPS) is 17.2. The summed E-state index contributed by atoms with van der Waals surface area (Å²) in [6.45, 7) is 3.42. The van der Waals surface area contributed by atoms with Crippen LogP contribution in [0.5, 0.6) is 0 Å². The monoisotopic (exact) mass is 382 g/mol. The minimum absolute atomic E-state index is 0.0391. The van der Waals surface area contributed by atoms with E-state index >= 15 is 0 Å². The Balaban J connectivity index is 1.64. The van der Waals surface area contributed by atoms with Crippen molar-refractivity contribution in [3.63, 3.8) is 0 Å². The minimum atomic E-state index is -0.374. The molecule has 1 amide bonds. The van der Waals surface area contributed by atoms with Crippen molar-refractivity contribution in [2.75, 3.05) is 13.1 Å². The fourth-order valence-corrected chi connectivity index (χ4v) is 3.84. The highest BCUT2D eigenvalue weighted by atomic mass is 16.2. The molecule has 9 heteroatoms. The summed E-state index contributed by atoms with van der Waals surface area (Å²) in [5.41, 5.74) is 0.0261. The molecule has 0 aromatic carbocycles. The van der Waals surface area contributed by atoms with Crippen molar-refractivity contribution in [1.29, 1.82) is 0 Å². The van der Waals surface area contributed by atoms with Gasteiger partial charge in [0.2, 0.25) is 0 Å². The van der Waals surface area contributed by atoms with Crippen molar-refractivity contribution in [2.24, 2.45) is 7.05 Å². The number of aromatic nitrogens is 5. The molecule has 1 aliphatic heterocycles. The highest BCUT2D eigenvalue weighted by Crippen LogP contribution is 2.25. The lowest BCUT2D eigenvalue weighted by molar-refractivity contribution is 0.0700. The van der Waals surface area contributed by atoms with Gasteiger partial charge in [-0.2, -0.15) is 5.10 Å². The maximum Gasteiger partial charge on any atom is 0.345 e. The van der Waals surface area contributed by atoms with E-state index in [4.69, 9.17) is 0 Å². The second-order valence-corrected chi connectivity index (χ2v) is 7.00. The number of pyridine rings is 1. The van der Waals surface area contributed by atoms with Gasteiger partial charge in [0.25, 0.3) is 11.5 Å². The molecule has 3 aromatic rings. The number of amides is 1. The number of fused-ring (bicyclic) bond motifs is 1. The number of hydrogen-bond acceptors (Lipinski definition) is 5. The molecule has 0 N–H and O–H groups in total. The molecule has 9 nitrogen and oxygen atoms in total. The first kappa shape index (κ1) is 18.1. The highest BCUT2D eigenvalue weighted by Gasteiger charge is 2.30. The van der Waals surface area contributed by atoms with E-state index in [0.717, 1.165) is 12.8 Å². The van der Waals surface area contributed by atoms with Gasteiger partial charge in [-0.05, 0) is 31.9 Å². The number of likely N-dealkylation sites (tertiary alicyclic amines) is 1. The van der Waals surface area contributed by atoms with Crippen LogP contribution in [0.25, 0.3) is 5.65 Å². The molecule has 0 unspecified atom stereocenters. The first-order valence-electron chi connectivity index (χ1n) is 9.40. The standard InChI is InChI=1S/C19H22N6O3/c1-3-24-16(21-22(2)19(24)28)13-7-6-9-23(12-13)17(26)14-11-20-15-8-4-5-10-25(15)18(14)27/h4-5,8,10-11,13H,3,6-7,9,12H2,1-2H3/t13-/m0/s1. The zero-order chi connectivity index (χ0) is 19.8. The van der Waals surface area contributed by atoms with Crippen LogP contribution in [0.1, 0.15) is 41.9 Å². The molecule has 146 valence electrons. The SMILES string of the molecule is CCn1c([C@H]2CCCN(C(=O)c3cnc4ccccn4c3=O)C2)nn(C)c1=O. The summed E-state index contributed by atoms with van der Waals surface area (Å²) >= 11 is 0. The summed E-state index contributed by atoms with van der Waals surface area (Å²) in [6.07, 6.45) is 4.59. The van der Waals surface area contributed by atoms with Gasteiger partial charge in [0.05, 0.1) is 0 Å². The largest absolute Gasteiger partial charge is 0.345 e. The van der Waals surface area contributed by atoms with Gasteiger partial charge < -0.3 is 4.90 Å². The Morgan fingerprint density at radius 2 is 2.11 bits per heavy atom. The van der Waals surface area contributed by atoms with Crippen LogP contribution in [0.4, 0.5) is 0 Å². The number of rotatable bonds is 3. The number of carbonyl (C=O) groups is 1. The zero-order valence-electron chi connectivity index (χ0n) is 15.9. The number of nitrogens with zero attached hydrogens (tertiary/aromatic N) is 6. The van der Waals surface area contributed by atoms with Crippen LogP contribution in [0.15, 0.2) is 40.2 Å². The predicted octanol–water partition coefficient (Wildman–Crippen LogP) is 0.629. The first-order valence-corrected chi connectivity index (χ1v) is 9.40. The molecule has 3 aromatic heterocycles. The van der Waals surface area contributed by atoms with Crippen molar-refractivity contribution in [1.82, 2.24) is 28.6 Å². The van der Waals surface area contributed by atoms with Gasteiger partial charge >= 0.3 is 5.69 Å². The van der Waals surface area contributed by atoms with Crippen LogP contribution in [0.2, 0.25) is 0 Å². The van der Waals surface area contributed by atoms with Gasteiger partial charge in [-0.25, -0.2) is 14.5 Å². The van der Waals surface area contributed by atoms with Gasteiger partial charge in [-0.1, -0.05) is 6.07 Å². The number of hydrogen-bond donors (Lipinski definition) is 0. The maximum absolute atomic E-state index is 13.0. The summed E-state index contributed by atoms with van der Waals surface area (Å²) in [4.78, 5) is 43.9. The topological polar surface area (TPSA) is 94.5 Å². The lowest BCUT2D eigenvalue weighted by Crippen LogP contribution is -2.42. The lowest BCUT2D eigenvalue weighted by atomic mass is 9.96. The summed E-state index contributed by atoms with van der Waals surface area (Å²) in [5.74, 6) is 0.324. The van der Waals surface area contributed by atoms with E-state index in [1.54, 1.807) is 40.9 Å². The molecule has 1 atom stereocenters. The molecule has 1 aliphatic rings. The summed E-state index contributed by atoms with van der Waals surface area (Å²) in [5, 5.41) is 4.38. The highest BCUT2D eigenvalue weighted by molar-refractivity contribution is 5.93. The van der Waals surface area contributed by atoms with Crippen molar-refractivity contribution in [2.45, 2.75) is 32.2 Å². The van der Waals surface area contributed by atoms with Crippen LogP contribution in [-0.2, 0) is 13.6 Å². The van der Waals surface area contributed by atoms with Gasteiger partial charge in [-0.15, -0.1) is 0 Å². The van der Waals surface area contributed by atoms with Crippen molar-refractivity contribution in [3.05, 3.63) is 62.8 Å². The third-order valence-electron chi connectivity index (χ3n) is 5.27. The van der Waals surface area contributed by atoms with Crippen LogP contribution in [0, 0.1) is 0 Å². The maximum atomic E-state index is 13.0. The Morgan fingerprint density at radius 3 is 2.89 bits per heavy atom. The van der Waals surface area contributed by atoms with E-state index in [0.29, 0.717) is 31.1 Å². The molecular formula is C19H22N6O3. The Morgan fingerprint density at radius 1 is 1.29 bits per heavy atom. The third-order valence-corrected chi connectivity index (χ3v) is 5.27. The molecule has 0 spiro atoms. The van der Waals surface area contributed by atoms with E-state index < -0.39 is 0 Å². The number of aryl methyl sites for hydroxylation is 1. The lowest BCUT2D eigenvalue weighted by Gasteiger charge is -2.32. The Bertz CT molecular complexity index is 1160. The second-order valence-electron chi connectivity index (χ2n) is 7.00. The van der Waals surface area contributed by atoms with E-state index in [2.05, 4.69) is 10.1 Å². The van der Waals surface area contributed by atoms with Gasteiger partial charge in [0.1, 0.15) is 17.0 Å². The summed E-state index contributed by atoms with van der Waals surface area (Å²) in [6, 6.07) is 5.24. The van der Waals surface area contributed by atoms with Gasteiger partial charge in [-0.3, -0.25) is 18.6 Å². The van der Waals surface area contributed by atoms with Gasteiger partial charge in [0, 0.05) is 45.0 Å². The summed E-state index contributed by atoms with van der Waals surface area (Å²) in [7, 11) is 1.63. The van der Waals surface area contributed by atoms with Crippen LogP contribution in [-0.4, -0.2) is 47.6 Å². The van der Waals surface area contributed by atoms with Gasteiger partial charge in [0.15, 0.2) is 0 Å². The van der Waals surface area contributed by atoms with E-state index in [-0.39, 0.29) is 28.6 Å². The average molecular weight is 382 g/mol. The molecule has 0 aliphatic carbocycles. The number of piperidine rings is 1. The fourth-order valence-electron chi connectivity index (χ4n) is 3.84. The smallest absolute Gasteiger partial charge is 0.338 e. The second kappa shape index (κ2) is 7.06. The van der Waals surface area contributed by atoms with Crippen molar-refractivity contribution < 1.29 is 4.79 Å². The van der Waals surface area contributed by atoms with Crippen LogP contribution < -0.4 is 11.2 Å². The van der Waals surface area contributed by atoms with Crippen LogP contribution in [0.3, 0.4) is 0 Å². The van der Waals surface area contributed by atoms with Crippen molar-refractivity contribution >= 4 is 11.6 Å². The molecule has 0 radical (unpaired) electrons. The Labute approximate surface area is 160 Å². The molecular weight excluding hydrogens is 360 g/mol. The minimum Gasteiger partial charge on any atom is -0.338 e. The molecule has 4 rings (SSSR count). The molecule has 4 heterocycles. The molecule has 0 bridgehead atoms. The first-order chi connectivity index (χ1) is 13.5. The zero-order valence-corrected chi connectivity index (χ0v) is 15.9. The van der Waals surface area contributed by atoms with Crippen molar-refractivity contribution in [3.8, 4) is 0 Å². The number of carbonyl (C=O) groups excluding carboxylic acids is 1. The van der Waals surface area contributed by atoms with E-state index in [1.165, 1.54) is 15.3 Å². The molecule has 28 heavy (non-hydrogen) atoms. The Hall–Kier alpha value is -3.23. The molecule has 1 fully saturated rings. The predicted molar refractivity (Wildman–Crippen MR) is 102 cm³/mol. The Kier molecular flexibility index (Phi) is 4.58. The fraction of sp³-hybridized carbons (Fsp3) is 0.421. The molecule has 0 saturated carbocycles. The average Bonchev–Trinajstić information content (AvgIpc) is 3.02. The quantitative estimate of drug-likeness (QED) is 0.662. The molecule has 1 saturated heterocycles.